The van der Waals surface area contributed by atoms with E-state index in [1.165, 1.54) is 12.3 Å². The monoisotopic (exact) mass is 257 g/mol. The van der Waals surface area contributed by atoms with Gasteiger partial charge in [-0.25, -0.2) is 4.98 Å². The molecule has 0 aliphatic rings. The zero-order chi connectivity index (χ0) is 12.8. The average Bonchev–Trinajstić information content (AvgIpc) is 2.29. The van der Waals surface area contributed by atoms with Gasteiger partial charge in [-0.15, -0.1) is 0 Å². The highest BCUT2D eigenvalue weighted by Gasteiger charge is 2.13. The Balaban J connectivity index is 2.64. The van der Waals surface area contributed by atoms with Crippen molar-refractivity contribution < 1.29 is 14.3 Å². The van der Waals surface area contributed by atoms with Crippen LogP contribution < -0.4 is 11.1 Å². The summed E-state index contributed by atoms with van der Waals surface area (Å²) < 4.78 is 4.66. The third-order valence-electron chi connectivity index (χ3n) is 1.80. The summed E-state index contributed by atoms with van der Waals surface area (Å²) in [4.78, 5) is 26.4. The van der Waals surface area contributed by atoms with Crippen LogP contribution in [-0.4, -0.2) is 30.0 Å². The topological polar surface area (TPSA) is 94.3 Å². The maximum atomic E-state index is 11.6. The quantitative estimate of drug-likeness (QED) is 0.609. The number of rotatable bonds is 4. The Morgan fingerprint density at radius 3 is 2.94 bits per heavy atom. The number of anilines is 1. The minimum atomic E-state index is -0.525. The van der Waals surface area contributed by atoms with Gasteiger partial charge in [0.1, 0.15) is 11.7 Å². The molecule has 1 aromatic rings. The highest BCUT2D eigenvalue weighted by molar-refractivity contribution is 6.32. The average molecular weight is 258 g/mol. The van der Waals surface area contributed by atoms with Crippen LogP contribution in [0.4, 0.5) is 5.69 Å². The molecule has 92 valence electrons. The van der Waals surface area contributed by atoms with E-state index in [9.17, 15) is 9.59 Å². The molecule has 1 aromatic heterocycles. The lowest BCUT2D eigenvalue weighted by molar-refractivity contribution is -0.141. The van der Waals surface area contributed by atoms with Crippen molar-refractivity contribution in [1.29, 1.82) is 0 Å². The molecule has 17 heavy (non-hydrogen) atoms. The van der Waals surface area contributed by atoms with Crippen molar-refractivity contribution in [1.82, 2.24) is 10.3 Å². The first-order valence-electron chi connectivity index (χ1n) is 4.89. The minimum absolute atomic E-state index is 0.0283. The normalized spacial score (nSPS) is 9.76. The summed E-state index contributed by atoms with van der Waals surface area (Å²) in [6.07, 6.45) is 1.34. The number of nitrogens with one attached hydrogen (secondary N) is 1. The molecule has 0 fully saturated rings. The van der Waals surface area contributed by atoms with Crippen LogP contribution in [0.3, 0.4) is 0 Å². The van der Waals surface area contributed by atoms with Crippen molar-refractivity contribution in [3.05, 3.63) is 23.0 Å². The lowest BCUT2D eigenvalue weighted by atomic mass is 10.2. The largest absolute Gasteiger partial charge is 0.465 e. The summed E-state index contributed by atoms with van der Waals surface area (Å²) in [5, 5.41) is 2.39. The standard InChI is InChI=1S/C10H12ClN3O3/c1-2-17-8(15)5-14-10(16)7-3-6(12)4-13-9(7)11/h3-4H,2,5,12H2,1H3,(H,14,16). The molecule has 0 atom stereocenters. The van der Waals surface area contributed by atoms with Gasteiger partial charge in [0.15, 0.2) is 0 Å². The van der Waals surface area contributed by atoms with Crippen molar-refractivity contribution in [3.63, 3.8) is 0 Å². The van der Waals surface area contributed by atoms with E-state index in [0.29, 0.717) is 5.69 Å². The number of esters is 1. The van der Waals surface area contributed by atoms with Crippen LogP contribution in [0.2, 0.25) is 5.15 Å². The molecule has 0 unspecified atom stereocenters. The van der Waals surface area contributed by atoms with Gasteiger partial charge in [0, 0.05) is 0 Å². The van der Waals surface area contributed by atoms with Crippen molar-refractivity contribution in [2.75, 3.05) is 18.9 Å². The van der Waals surface area contributed by atoms with E-state index in [4.69, 9.17) is 17.3 Å². The van der Waals surface area contributed by atoms with Crippen molar-refractivity contribution in [3.8, 4) is 0 Å². The second-order valence-corrected chi connectivity index (χ2v) is 3.45. The molecule has 0 saturated heterocycles. The molecule has 0 aromatic carbocycles. The highest BCUT2D eigenvalue weighted by atomic mass is 35.5. The zero-order valence-electron chi connectivity index (χ0n) is 9.20. The van der Waals surface area contributed by atoms with E-state index in [1.807, 2.05) is 0 Å². The third-order valence-corrected chi connectivity index (χ3v) is 2.10. The number of amides is 1. The molecule has 1 rings (SSSR count). The summed E-state index contributed by atoms with van der Waals surface area (Å²) in [5.41, 5.74) is 5.91. The van der Waals surface area contributed by atoms with Crippen LogP contribution in [-0.2, 0) is 9.53 Å². The van der Waals surface area contributed by atoms with Crippen molar-refractivity contribution in [2.45, 2.75) is 6.92 Å². The molecule has 0 bridgehead atoms. The van der Waals surface area contributed by atoms with E-state index in [1.54, 1.807) is 6.92 Å². The van der Waals surface area contributed by atoms with Crippen LogP contribution in [0.1, 0.15) is 17.3 Å². The summed E-state index contributed by atoms with van der Waals surface area (Å²) in [6.45, 7) is 1.71. The molecule has 0 aliphatic carbocycles. The predicted molar refractivity (Wildman–Crippen MR) is 62.6 cm³/mol. The van der Waals surface area contributed by atoms with Gasteiger partial charge in [-0.3, -0.25) is 9.59 Å². The third kappa shape index (κ3) is 3.92. The van der Waals surface area contributed by atoms with Gasteiger partial charge in [-0.05, 0) is 13.0 Å². The lowest BCUT2D eigenvalue weighted by Crippen LogP contribution is -2.31. The van der Waals surface area contributed by atoms with Crippen LogP contribution in [0.5, 0.6) is 0 Å². The van der Waals surface area contributed by atoms with E-state index < -0.39 is 11.9 Å². The molecule has 0 spiro atoms. The SMILES string of the molecule is CCOC(=O)CNC(=O)c1cc(N)cnc1Cl. The fraction of sp³-hybridized carbons (Fsp3) is 0.300. The second-order valence-electron chi connectivity index (χ2n) is 3.09. The molecular formula is C10H12ClN3O3. The number of nitrogen functional groups attached to an aromatic ring is 1. The number of halogens is 1. The summed E-state index contributed by atoms with van der Waals surface area (Å²) in [6, 6.07) is 1.38. The van der Waals surface area contributed by atoms with E-state index >= 15 is 0 Å². The van der Waals surface area contributed by atoms with Crippen LogP contribution in [0.15, 0.2) is 12.3 Å². The molecule has 3 N–H and O–H groups in total. The summed E-state index contributed by atoms with van der Waals surface area (Å²) in [5.74, 6) is -1.04. The Kier molecular flexibility index (Phi) is 4.71. The van der Waals surface area contributed by atoms with Gasteiger partial charge < -0.3 is 15.8 Å². The number of carbonyl (C=O) groups excluding carboxylic acids is 2. The van der Waals surface area contributed by atoms with Gasteiger partial charge in [0.2, 0.25) is 0 Å². The number of nitrogens with two attached hydrogens (primary N) is 1. The molecule has 1 heterocycles. The Morgan fingerprint density at radius 2 is 2.29 bits per heavy atom. The van der Waals surface area contributed by atoms with Crippen molar-refractivity contribution >= 4 is 29.2 Å². The van der Waals surface area contributed by atoms with E-state index in [0.717, 1.165) is 0 Å². The Bertz CT molecular complexity index is 437. The Labute approximate surface area is 103 Å². The molecule has 0 saturated carbocycles. The van der Waals surface area contributed by atoms with Gasteiger partial charge in [0.05, 0.1) is 24.1 Å². The Morgan fingerprint density at radius 1 is 1.59 bits per heavy atom. The number of carbonyl (C=O) groups is 2. The number of pyridine rings is 1. The van der Waals surface area contributed by atoms with Gasteiger partial charge >= 0.3 is 5.97 Å². The van der Waals surface area contributed by atoms with Crippen molar-refractivity contribution in [2.24, 2.45) is 0 Å². The number of ether oxygens (including phenoxy) is 1. The maximum Gasteiger partial charge on any atom is 0.325 e. The van der Waals surface area contributed by atoms with Crippen LogP contribution >= 0.6 is 11.6 Å². The first-order chi connectivity index (χ1) is 8.04. The summed E-state index contributed by atoms with van der Waals surface area (Å²) in [7, 11) is 0. The molecule has 7 heteroatoms. The predicted octanol–water partition coefficient (Wildman–Crippen LogP) is 0.610. The van der Waals surface area contributed by atoms with Crippen LogP contribution in [0.25, 0.3) is 0 Å². The maximum absolute atomic E-state index is 11.6. The molecule has 1 amide bonds. The number of hydrogen-bond donors (Lipinski definition) is 2. The van der Waals surface area contributed by atoms with Crippen LogP contribution in [0, 0.1) is 0 Å². The van der Waals surface area contributed by atoms with Gasteiger partial charge in [-0.1, -0.05) is 11.6 Å². The molecule has 6 nitrogen and oxygen atoms in total. The smallest absolute Gasteiger partial charge is 0.325 e. The van der Waals surface area contributed by atoms with E-state index in [2.05, 4.69) is 15.0 Å². The van der Waals surface area contributed by atoms with E-state index in [-0.39, 0.29) is 23.9 Å². The first-order valence-corrected chi connectivity index (χ1v) is 5.27. The fourth-order valence-corrected chi connectivity index (χ4v) is 1.27. The minimum Gasteiger partial charge on any atom is -0.465 e. The fourth-order valence-electron chi connectivity index (χ4n) is 1.08. The van der Waals surface area contributed by atoms with Gasteiger partial charge in [-0.2, -0.15) is 0 Å². The molecular weight excluding hydrogens is 246 g/mol. The number of aromatic nitrogens is 1. The first kappa shape index (κ1) is 13.2. The van der Waals surface area contributed by atoms with Gasteiger partial charge in [0.25, 0.3) is 5.91 Å². The number of hydrogen-bond acceptors (Lipinski definition) is 5. The lowest BCUT2D eigenvalue weighted by Gasteiger charge is -2.06. The Hall–Kier alpha value is -1.82. The summed E-state index contributed by atoms with van der Waals surface area (Å²) >= 11 is 5.72. The second kappa shape index (κ2) is 6.05. The number of nitrogens with zero attached hydrogens (tertiary/aromatic N) is 1. The molecule has 0 radical (unpaired) electrons. The highest BCUT2D eigenvalue weighted by Crippen LogP contribution is 2.15. The molecule has 0 aliphatic heterocycles. The zero-order valence-corrected chi connectivity index (χ0v) is 9.95.